The van der Waals surface area contributed by atoms with Crippen LogP contribution in [0.1, 0.15) is 0 Å². The molecular formula is C8H7NO2S. The highest BCUT2D eigenvalue weighted by molar-refractivity contribution is 7.91. The Morgan fingerprint density at radius 1 is 1.50 bits per heavy atom. The summed E-state index contributed by atoms with van der Waals surface area (Å²) in [6, 6.07) is 4.68. The largest absolute Gasteiger partial charge is 0.245 e. The van der Waals surface area contributed by atoms with E-state index in [1.54, 1.807) is 12.1 Å². The average molecular weight is 181 g/mol. The minimum atomic E-state index is -3.36. The third kappa shape index (κ3) is 1.83. The van der Waals surface area contributed by atoms with Crippen LogP contribution in [-0.2, 0) is 9.84 Å². The van der Waals surface area contributed by atoms with Gasteiger partial charge in [0.2, 0.25) is 9.84 Å². The van der Waals surface area contributed by atoms with E-state index >= 15 is 0 Å². The van der Waals surface area contributed by atoms with Crippen LogP contribution in [0, 0.1) is 12.3 Å². The first-order valence-corrected chi connectivity index (χ1v) is 4.89. The highest BCUT2D eigenvalue weighted by Gasteiger charge is 2.12. The molecule has 0 radical (unpaired) electrons. The van der Waals surface area contributed by atoms with Crippen LogP contribution in [0.5, 0.6) is 0 Å². The van der Waals surface area contributed by atoms with Gasteiger partial charge >= 0.3 is 0 Å². The van der Waals surface area contributed by atoms with Gasteiger partial charge in [0.15, 0.2) is 5.03 Å². The summed E-state index contributed by atoms with van der Waals surface area (Å²) in [6.07, 6.45) is 6.32. The second-order valence-electron chi connectivity index (χ2n) is 2.13. The van der Waals surface area contributed by atoms with E-state index in [-0.39, 0.29) is 10.8 Å². The van der Waals surface area contributed by atoms with Crippen LogP contribution in [0.25, 0.3) is 0 Å². The van der Waals surface area contributed by atoms with Crippen molar-refractivity contribution < 1.29 is 8.42 Å². The summed E-state index contributed by atoms with van der Waals surface area (Å²) >= 11 is 0. The van der Waals surface area contributed by atoms with Gasteiger partial charge < -0.3 is 0 Å². The molecule has 0 atom stereocenters. The second-order valence-corrected chi connectivity index (χ2v) is 4.07. The van der Waals surface area contributed by atoms with Gasteiger partial charge in [0, 0.05) is 6.20 Å². The van der Waals surface area contributed by atoms with Crippen molar-refractivity contribution in [1.29, 1.82) is 0 Å². The van der Waals surface area contributed by atoms with Gasteiger partial charge in [-0.3, -0.25) is 0 Å². The van der Waals surface area contributed by atoms with Gasteiger partial charge in [0.1, 0.15) is 5.75 Å². The number of nitrogens with zero attached hydrogens (tertiary/aromatic N) is 1. The zero-order valence-electron chi connectivity index (χ0n) is 6.27. The molecule has 62 valence electrons. The fourth-order valence-corrected chi connectivity index (χ4v) is 1.59. The number of hydrogen-bond acceptors (Lipinski definition) is 3. The van der Waals surface area contributed by atoms with E-state index in [0.717, 1.165) is 0 Å². The maximum absolute atomic E-state index is 11.2. The molecule has 0 amide bonds. The normalized spacial score (nSPS) is 10.6. The Labute approximate surface area is 71.4 Å². The van der Waals surface area contributed by atoms with Crippen LogP contribution in [0.3, 0.4) is 0 Å². The Morgan fingerprint density at radius 2 is 2.25 bits per heavy atom. The first-order valence-electron chi connectivity index (χ1n) is 3.24. The van der Waals surface area contributed by atoms with Crippen molar-refractivity contribution in [1.82, 2.24) is 4.98 Å². The van der Waals surface area contributed by atoms with E-state index < -0.39 is 9.84 Å². The molecule has 0 N–H and O–H groups in total. The number of terminal acetylenes is 1. The fourth-order valence-electron chi connectivity index (χ4n) is 0.715. The van der Waals surface area contributed by atoms with Gasteiger partial charge in [-0.15, -0.1) is 6.42 Å². The molecule has 0 saturated carbocycles. The molecule has 0 bridgehead atoms. The number of rotatable bonds is 2. The van der Waals surface area contributed by atoms with Crippen molar-refractivity contribution >= 4 is 9.84 Å². The van der Waals surface area contributed by atoms with Crippen LogP contribution >= 0.6 is 0 Å². The third-order valence-corrected chi connectivity index (χ3v) is 2.66. The zero-order chi connectivity index (χ0) is 9.03. The van der Waals surface area contributed by atoms with Gasteiger partial charge in [-0.25, -0.2) is 13.4 Å². The predicted octanol–water partition coefficient (Wildman–Crippen LogP) is 0.489. The van der Waals surface area contributed by atoms with Crippen molar-refractivity contribution in [3.05, 3.63) is 24.4 Å². The Hall–Kier alpha value is -1.34. The summed E-state index contributed by atoms with van der Waals surface area (Å²) < 4.78 is 22.5. The minimum absolute atomic E-state index is 0.0305. The van der Waals surface area contributed by atoms with Gasteiger partial charge in [-0.05, 0) is 12.1 Å². The number of sulfone groups is 1. The molecular weight excluding hydrogens is 174 g/mol. The van der Waals surface area contributed by atoms with E-state index in [9.17, 15) is 8.42 Å². The molecule has 0 aliphatic rings. The molecule has 1 aromatic rings. The topological polar surface area (TPSA) is 47.0 Å². The molecule has 0 unspecified atom stereocenters. The lowest BCUT2D eigenvalue weighted by Gasteiger charge is -1.96. The first kappa shape index (κ1) is 8.75. The van der Waals surface area contributed by atoms with Crippen molar-refractivity contribution in [2.75, 3.05) is 5.75 Å². The molecule has 0 spiro atoms. The maximum atomic E-state index is 11.2. The lowest BCUT2D eigenvalue weighted by atomic mass is 10.5. The first-order chi connectivity index (χ1) is 5.67. The van der Waals surface area contributed by atoms with E-state index in [1.807, 2.05) is 0 Å². The Bertz CT molecular complexity index is 389. The molecule has 4 heteroatoms. The Morgan fingerprint density at radius 3 is 2.75 bits per heavy atom. The van der Waals surface area contributed by atoms with Crippen LogP contribution in [0.2, 0.25) is 0 Å². The highest BCUT2D eigenvalue weighted by Crippen LogP contribution is 2.04. The number of aromatic nitrogens is 1. The SMILES string of the molecule is C#CCS(=O)(=O)c1ccccn1. The van der Waals surface area contributed by atoms with Crippen molar-refractivity contribution in [2.45, 2.75) is 5.03 Å². The molecule has 0 saturated heterocycles. The lowest BCUT2D eigenvalue weighted by molar-refractivity contribution is 0.596. The molecule has 3 nitrogen and oxygen atoms in total. The smallest absolute Gasteiger partial charge is 0.206 e. The third-order valence-electron chi connectivity index (χ3n) is 1.23. The summed E-state index contributed by atoms with van der Waals surface area (Å²) in [5.74, 6) is 1.78. The number of pyridine rings is 1. The zero-order valence-corrected chi connectivity index (χ0v) is 7.08. The van der Waals surface area contributed by atoms with Gasteiger partial charge in [-0.2, -0.15) is 0 Å². The molecule has 1 heterocycles. The van der Waals surface area contributed by atoms with E-state index in [4.69, 9.17) is 6.42 Å². The molecule has 1 aromatic heterocycles. The van der Waals surface area contributed by atoms with Gasteiger partial charge in [0.25, 0.3) is 0 Å². The van der Waals surface area contributed by atoms with Crippen LogP contribution in [-0.4, -0.2) is 19.2 Å². The molecule has 0 fully saturated rings. The number of hydrogen-bond donors (Lipinski definition) is 0. The van der Waals surface area contributed by atoms with Gasteiger partial charge in [0.05, 0.1) is 0 Å². The second kappa shape index (κ2) is 3.37. The van der Waals surface area contributed by atoms with E-state index in [1.165, 1.54) is 12.3 Å². The quantitative estimate of drug-likeness (QED) is 0.624. The molecule has 1 rings (SSSR count). The fraction of sp³-hybridized carbons (Fsp3) is 0.125. The average Bonchev–Trinajstić information content (AvgIpc) is 2.06. The summed E-state index contributed by atoms with van der Waals surface area (Å²) in [7, 11) is -3.36. The highest BCUT2D eigenvalue weighted by atomic mass is 32.2. The van der Waals surface area contributed by atoms with Gasteiger partial charge in [-0.1, -0.05) is 12.0 Å². The van der Waals surface area contributed by atoms with Crippen LogP contribution in [0.4, 0.5) is 0 Å². The molecule has 12 heavy (non-hydrogen) atoms. The summed E-state index contributed by atoms with van der Waals surface area (Å²) in [5, 5.41) is 0.0305. The lowest BCUT2D eigenvalue weighted by Crippen LogP contribution is -2.06. The van der Waals surface area contributed by atoms with E-state index in [2.05, 4.69) is 10.9 Å². The monoisotopic (exact) mass is 181 g/mol. The maximum Gasteiger partial charge on any atom is 0.206 e. The summed E-state index contributed by atoms with van der Waals surface area (Å²) in [4.78, 5) is 3.69. The Kier molecular flexibility index (Phi) is 2.46. The summed E-state index contributed by atoms with van der Waals surface area (Å²) in [6.45, 7) is 0. The predicted molar refractivity (Wildman–Crippen MR) is 45.1 cm³/mol. The summed E-state index contributed by atoms with van der Waals surface area (Å²) in [5.41, 5.74) is 0. The van der Waals surface area contributed by atoms with Crippen LogP contribution < -0.4 is 0 Å². The van der Waals surface area contributed by atoms with Crippen LogP contribution in [0.15, 0.2) is 29.4 Å². The molecule has 0 aliphatic heterocycles. The van der Waals surface area contributed by atoms with Crippen molar-refractivity contribution in [3.8, 4) is 12.3 Å². The standard InChI is InChI=1S/C8H7NO2S/c1-2-7-12(10,11)8-5-3-4-6-9-8/h1,3-6H,7H2. The molecule has 0 aromatic carbocycles. The molecule has 0 aliphatic carbocycles. The van der Waals surface area contributed by atoms with E-state index in [0.29, 0.717) is 0 Å². The Balaban J connectivity index is 3.09. The van der Waals surface area contributed by atoms with Crippen molar-refractivity contribution in [3.63, 3.8) is 0 Å². The van der Waals surface area contributed by atoms with Crippen molar-refractivity contribution in [2.24, 2.45) is 0 Å². The minimum Gasteiger partial charge on any atom is -0.245 e.